The van der Waals surface area contributed by atoms with Gasteiger partial charge in [-0.2, -0.15) is 5.10 Å². The van der Waals surface area contributed by atoms with Crippen molar-refractivity contribution in [3.63, 3.8) is 0 Å². The zero-order chi connectivity index (χ0) is 20.7. The molecule has 0 amide bonds. The molecule has 1 unspecified atom stereocenters. The molecule has 2 aromatic rings. The maximum absolute atomic E-state index is 5.81. The zero-order valence-corrected chi connectivity index (χ0v) is 18.3. The lowest BCUT2D eigenvalue weighted by molar-refractivity contribution is 0.271. The van der Waals surface area contributed by atoms with E-state index in [0.717, 1.165) is 36.0 Å². The van der Waals surface area contributed by atoms with E-state index >= 15 is 0 Å². The summed E-state index contributed by atoms with van der Waals surface area (Å²) in [5.41, 5.74) is 4.77. The first-order chi connectivity index (χ1) is 13.3. The minimum absolute atomic E-state index is 0.244. The first kappa shape index (κ1) is 21.8. The summed E-state index contributed by atoms with van der Waals surface area (Å²) in [5.74, 6) is 2.21. The molecular weight excluding hydrogens is 350 g/mol. The number of aromatic nitrogens is 2. The Kier molecular flexibility index (Phi) is 7.91. The molecule has 1 aromatic carbocycles. The van der Waals surface area contributed by atoms with E-state index in [1.807, 2.05) is 23.9 Å². The number of nitrogens with zero attached hydrogens (tertiary/aromatic N) is 3. The Morgan fingerprint density at radius 3 is 2.61 bits per heavy atom. The van der Waals surface area contributed by atoms with E-state index in [0.29, 0.717) is 12.5 Å². The molecule has 6 heteroatoms. The number of guanidine groups is 1. The molecule has 154 valence electrons. The average molecular weight is 386 g/mol. The summed E-state index contributed by atoms with van der Waals surface area (Å²) in [4.78, 5) is 4.36. The standard InChI is InChI=1S/C22H35N5O/c1-15(2)14-28-20-10-8-9-19(12-20)13-24-22(23-6)25-16(3)11-21-17(4)26-27(7)18(21)5/h8-10,12,15-16H,11,13-14H2,1-7H3,(H2,23,24,25). The van der Waals surface area contributed by atoms with Crippen molar-refractivity contribution in [2.45, 2.75) is 53.6 Å². The highest BCUT2D eigenvalue weighted by Crippen LogP contribution is 2.15. The van der Waals surface area contributed by atoms with Crippen molar-refractivity contribution in [1.82, 2.24) is 20.4 Å². The van der Waals surface area contributed by atoms with Crippen molar-refractivity contribution in [3.8, 4) is 5.75 Å². The van der Waals surface area contributed by atoms with Gasteiger partial charge in [-0.25, -0.2) is 0 Å². The lowest BCUT2D eigenvalue weighted by Gasteiger charge is -2.18. The largest absolute Gasteiger partial charge is 0.493 e. The summed E-state index contributed by atoms with van der Waals surface area (Å²) in [6.07, 6.45) is 0.907. The number of nitrogens with one attached hydrogen (secondary N) is 2. The van der Waals surface area contributed by atoms with Crippen LogP contribution in [0.15, 0.2) is 29.3 Å². The molecule has 0 saturated heterocycles. The van der Waals surface area contributed by atoms with Gasteiger partial charge in [0, 0.05) is 32.4 Å². The highest BCUT2D eigenvalue weighted by molar-refractivity contribution is 5.79. The van der Waals surface area contributed by atoms with Crippen LogP contribution in [0.2, 0.25) is 0 Å². The van der Waals surface area contributed by atoms with E-state index < -0.39 is 0 Å². The van der Waals surface area contributed by atoms with Crippen LogP contribution in [-0.2, 0) is 20.0 Å². The fourth-order valence-electron chi connectivity index (χ4n) is 3.09. The highest BCUT2D eigenvalue weighted by Gasteiger charge is 2.14. The van der Waals surface area contributed by atoms with Gasteiger partial charge in [0.25, 0.3) is 0 Å². The van der Waals surface area contributed by atoms with Gasteiger partial charge in [0.1, 0.15) is 5.75 Å². The van der Waals surface area contributed by atoms with E-state index in [-0.39, 0.29) is 6.04 Å². The molecule has 1 aromatic heterocycles. The van der Waals surface area contributed by atoms with Gasteiger partial charge in [-0.1, -0.05) is 26.0 Å². The Bertz CT molecular complexity index is 794. The Balaban J connectivity index is 1.89. The van der Waals surface area contributed by atoms with Crippen molar-refractivity contribution in [1.29, 1.82) is 0 Å². The molecule has 2 rings (SSSR count). The van der Waals surface area contributed by atoms with Crippen LogP contribution in [0.25, 0.3) is 0 Å². The van der Waals surface area contributed by atoms with Crippen molar-refractivity contribution in [2.75, 3.05) is 13.7 Å². The monoisotopic (exact) mass is 385 g/mol. The van der Waals surface area contributed by atoms with Crippen molar-refractivity contribution in [2.24, 2.45) is 18.0 Å². The van der Waals surface area contributed by atoms with Crippen LogP contribution in [0.5, 0.6) is 5.75 Å². The third-order valence-electron chi connectivity index (χ3n) is 4.72. The first-order valence-corrected chi connectivity index (χ1v) is 9.98. The summed E-state index contributed by atoms with van der Waals surface area (Å²) >= 11 is 0. The predicted molar refractivity (Wildman–Crippen MR) is 116 cm³/mol. The number of benzene rings is 1. The summed E-state index contributed by atoms with van der Waals surface area (Å²) in [5, 5.41) is 11.4. The van der Waals surface area contributed by atoms with Crippen LogP contribution in [0.3, 0.4) is 0 Å². The average Bonchev–Trinajstić information content (AvgIpc) is 2.89. The van der Waals surface area contributed by atoms with E-state index in [9.17, 15) is 0 Å². The molecule has 0 aliphatic carbocycles. The van der Waals surface area contributed by atoms with Crippen LogP contribution in [0.1, 0.15) is 43.3 Å². The molecular formula is C22H35N5O. The molecule has 0 radical (unpaired) electrons. The Hall–Kier alpha value is -2.50. The zero-order valence-electron chi connectivity index (χ0n) is 18.3. The van der Waals surface area contributed by atoms with Crippen LogP contribution in [0, 0.1) is 19.8 Å². The van der Waals surface area contributed by atoms with Gasteiger partial charge in [0.15, 0.2) is 5.96 Å². The molecule has 1 heterocycles. The lowest BCUT2D eigenvalue weighted by Crippen LogP contribution is -2.42. The molecule has 0 bridgehead atoms. The first-order valence-electron chi connectivity index (χ1n) is 9.98. The van der Waals surface area contributed by atoms with Crippen molar-refractivity contribution < 1.29 is 4.74 Å². The van der Waals surface area contributed by atoms with Gasteiger partial charge >= 0.3 is 0 Å². The number of aryl methyl sites for hydroxylation is 2. The quantitative estimate of drug-likeness (QED) is 0.540. The summed E-state index contributed by atoms with van der Waals surface area (Å²) in [6.45, 7) is 12.1. The minimum atomic E-state index is 0.244. The Labute approximate surface area is 169 Å². The molecule has 0 spiro atoms. The number of aliphatic imine (C=N–C) groups is 1. The smallest absolute Gasteiger partial charge is 0.191 e. The van der Waals surface area contributed by atoms with Crippen molar-refractivity contribution in [3.05, 3.63) is 46.8 Å². The SMILES string of the molecule is CN=C(NCc1cccc(OCC(C)C)c1)NC(C)Cc1c(C)nn(C)c1C. The molecule has 0 fully saturated rings. The maximum atomic E-state index is 5.81. The summed E-state index contributed by atoms with van der Waals surface area (Å²) in [6, 6.07) is 8.44. The third-order valence-corrected chi connectivity index (χ3v) is 4.72. The van der Waals surface area contributed by atoms with Crippen LogP contribution in [-0.4, -0.2) is 35.4 Å². The number of ether oxygens (including phenoxy) is 1. The van der Waals surface area contributed by atoms with Gasteiger partial charge in [-0.05, 0) is 56.4 Å². The molecule has 28 heavy (non-hydrogen) atoms. The summed E-state index contributed by atoms with van der Waals surface area (Å²) < 4.78 is 7.76. The maximum Gasteiger partial charge on any atom is 0.191 e. The van der Waals surface area contributed by atoms with Crippen molar-refractivity contribution >= 4 is 5.96 Å². The molecule has 0 aliphatic heterocycles. The molecule has 6 nitrogen and oxygen atoms in total. The number of hydrogen-bond donors (Lipinski definition) is 2. The normalized spacial score (nSPS) is 12.9. The second kappa shape index (κ2) is 10.2. The fourth-order valence-corrected chi connectivity index (χ4v) is 3.09. The minimum Gasteiger partial charge on any atom is -0.493 e. The molecule has 2 N–H and O–H groups in total. The second-order valence-electron chi connectivity index (χ2n) is 7.80. The van der Waals surface area contributed by atoms with Gasteiger partial charge < -0.3 is 15.4 Å². The number of hydrogen-bond acceptors (Lipinski definition) is 3. The van der Waals surface area contributed by atoms with E-state index in [1.54, 1.807) is 7.05 Å². The third kappa shape index (κ3) is 6.29. The summed E-state index contributed by atoms with van der Waals surface area (Å²) in [7, 11) is 3.79. The van der Waals surface area contributed by atoms with Gasteiger partial charge in [-0.15, -0.1) is 0 Å². The van der Waals surface area contributed by atoms with Gasteiger partial charge in [-0.3, -0.25) is 9.67 Å². The van der Waals surface area contributed by atoms with Gasteiger partial charge in [0.05, 0.1) is 12.3 Å². The van der Waals surface area contributed by atoms with E-state index in [2.05, 4.69) is 67.5 Å². The van der Waals surface area contributed by atoms with Gasteiger partial charge in [0.2, 0.25) is 0 Å². The fraction of sp³-hybridized carbons (Fsp3) is 0.545. The van der Waals surface area contributed by atoms with Crippen LogP contribution < -0.4 is 15.4 Å². The van der Waals surface area contributed by atoms with E-state index in [1.165, 1.54) is 11.3 Å². The van der Waals surface area contributed by atoms with E-state index in [4.69, 9.17) is 4.74 Å². The number of rotatable bonds is 8. The molecule has 0 saturated carbocycles. The Morgan fingerprint density at radius 1 is 1.25 bits per heavy atom. The second-order valence-corrected chi connectivity index (χ2v) is 7.80. The Morgan fingerprint density at radius 2 is 2.00 bits per heavy atom. The lowest BCUT2D eigenvalue weighted by atomic mass is 10.1. The molecule has 1 atom stereocenters. The topological polar surface area (TPSA) is 63.5 Å². The van der Waals surface area contributed by atoms with Crippen LogP contribution in [0.4, 0.5) is 0 Å². The molecule has 0 aliphatic rings. The predicted octanol–water partition coefficient (Wildman–Crippen LogP) is 3.37. The highest BCUT2D eigenvalue weighted by atomic mass is 16.5. The van der Waals surface area contributed by atoms with Crippen LogP contribution >= 0.6 is 0 Å².